The number of pyridine rings is 1. The Hall–Kier alpha value is -2.73. The molecule has 0 bridgehead atoms. The molecule has 1 saturated heterocycles. The van der Waals surface area contributed by atoms with Crippen molar-refractivity contribution < 1.29 is 14.3 Å². The van der Waals surface area contributed by atoms with Crippen molar-refractivity contribution in [2.45, 2.75) is 19.0 Å². The van der Waals surface area contributed by atoms with Gasteiger partial charge < -0.3 is 15.0 Å². The van der Waals surface area contributed by atoms with Crippen LogP contribution < -0.4 is 5.32 Å². The minimum atomic E-state index is -0.602. The number of carbonyl (C=O) groups excluding carboxylic acids is 2. The van der Waals surface area contributed by atoms with Crippen LogP contribution in [0.25, 0.3) is 0 Å². The second-order valence-corrected chi connectivity index (χ2v) is 5.94. The minimum Gasteiger partial charge on any atom is -0.369 e. The van der Waals surface area contributed by atoms with Crippen molar-refractivity contribution >= 4 is 11.8 Å². The molecule has 0 aliphatic carbocycles. The average molecular weight is 339 g/mol. The van der Waals surface area contributed by atoms with Crippen LogP contribution in [-0.2, 0) is 27.3 Å². The fourth-order valence-electron chi connectivity index (χ4n) is 2.79. The van der Waals surface area contributed by atoms with Gasteiger partial charge in [-0.3, -0.25) is 14.6 Å². The predicted molar refractivity (Wildman–Crippen MR) is 92.5 cm³/mol. The molecule has 1 atom stereocenters. The molecular formula is C19H21N3O3. The zero-order valence-corrected chi connectivity index (χ0v) is 13.9. The van der Waals surface area contributed by atoms with Crippen LogP contribution in [0.3, 0.4) is 0 Å². The van der Waals surface area contributed by atoms with Gasteiger partial charge in [-0.1, -0.05) is 36.4 Å². The number of nitrogens with one attached hydrogen (secondary N) is 1. The van der Waals surface area contributed by atoms with E-state index < -0.39 is 6.04 Å². The molecule has 6 nitrogen and oxygen atoms in total. The number of ether oxygens (including phenoxy) is 1. The van der Waals surface area contributed by atoms with Gasteiger partial charge in [0, 0.05) is 25.5 Å². The van der Waals surface area contributed by atoms with Crippen LogP contribution >= 0.6 is 0 Å². The van der Waals surface area contributed by atoms with Crippen molar-refractivity contribution in [2.75, 3.05) is 19.8 Å². The molecule has 1 unspecified atom stereocenters. The minimum absolute atomic E-state index is 0.0201. The summed E-state index contributed by atoms with van der Waals surface area (Å²) in [6, 6.07) is 12.9. The Kier molecular flexibility index (Phi) is 5.74. The molecule has 6 heteroatoms. The Bertz CT molecular complexity index is 706. The molecule has 1 aromatic heterocycles. The monoisotopic (exact) mass is 339 g/mol. The van der Waals surface area contributed by atoms with Gasteiger partial charge in [0.25, 0.3) is 0 Å². The van der Waals surface area contributed by atoms with Crippen molar-refractivity contribution in [3.8, 4) is 0 Å². The van der Waals surface area contributed by atoms with Crippen LogP contribution in [0.1, 0.15) is 11.1 Å². The summed E-state index contributed by atoms with van der Waals surface area (Å²) < 4.78 is 5.29. The summed E-state index contributed by atoms with van der Waals surface area (Å²) in [6.45, 7) is 1.14. The highest BCUT2D eigenvalue weighted by Gasteiger charge is 2.33. The first-order valence-electron chi connectivity index (χ1n) is 8.32. The number of amides is 2. The van der Waals surface area contributed by atoms with E-state index in [4.69, 9.17) is 4.74 Å². The maximum atomic E-state index is 12.5. The molecule has 2 aromatic rings. The predicted octanol–water partition coefficient (Wildman–Crippen LogP) is 1.17. The van der Waals surface area contributed by atoms with Gasteiger partial charge in [0.15, 0.2) is 0 Å². The number of morpholine rings is 1. The first-order chi connectivity index (χ1) is 12.2. The van der Waals surface area contributed by atoms with Crippen LogP contribution in [0.2, 0.25) is 0 Å². The molecule has 0 radical (unpaired) electrons. The normalized spacial score (nSPS) is 17.4. The summed E-state index contributed by atoms with van der Waals surface area (Å²) in [4.78, 5) is 30.4. The van der Waals surface area contributed by atoms with Gasteiger partial charge in [0.1, 0.15) is 12.6 Å². The van der Waals surface area contributed by atoms with Crippen molar-refractivity contribution in [1.82, 2.24) is 15.2 Å². The van der Waals surface area contributed by atoms with E-state index in [9.17, 15) is 9.59 Å². The number of carbonyl (C=O) groups is 2. The molecular weight excluding hydrogens is 318 g/mol. The topological polar surface area (TPSA) is 71.5 Å². The molecule has 0 spiro atoms. The SMILES string of the molecule is O=C(NCCc1cccnc1)C1COCC(=O)N1Cc1ccccc1. The van der Waals surface area contributed by atoms with E-state index in [1.807, 2.05) is 42.5 Å². The zero-order chi connectivity index (χ0) is 17.5. The number of hydrogen-bond donors (Lipinski definition) is 1. The highest BCUT2D eigenvalue weighted by Crippen LogP contribution is 2.14. The third-order valence-electron chi connectivity index (χ3n) is 4.13. The summed E-state index contributed by atoms with van der Waals surface area (Å²) in [7, 11) is 0. The lowest BCUT2D eigenvalue weighted by Crippen LogP contribution is -2.56. The Balaban J connectivity index is 1.59. The summed E-state index contributed by atoms with van der Waals surface area (Å²) in [6.07, 6.45) is 4.19. The number of benzene rings is 1. The molecule has 1 N–H and O–H groups in total. The zero-order valence-electron chi connectivity index (χ0n) is 13.9. The van der Waals surface area contributed by atoms with Crippen molar-refractivity contribution in [3.05, 3.63) is 66.0 Å². The lowest BCUT2D eigenvalue weighted by atomic mass is 10.1. The summed E-state index contributed by atoms with van der Waals surface area (Å²) >= 11 is 0. The maximum absolute atomic E-state index is 12.5. The quantitative estimate of drug-likeness (QED) is 0.857. The lowest BCUT2D eigenvalue weighted by Gasteiger charge is -2.34. The van der Waals surface area contributed by atoms with Crippen molar-refractivity contribution in [1.29, 1.82) is 0 Å². The van der Waals surface area contributed by atoms with Crippen LogP contribution in [0.5, 0.6) is 0 Å². The summed E-state index contributed by atoms with van der Waals surface area (Å²) in [5.74, 6) is -0.351. The molecule has 1 aliphatic rings. The van der Waals surface area contributed by atoms with Crippen LogP contribution in [0.15, 0.2) is 54.9 Å². The van der Waals surface area contributed by atoms with E-state index in [-0.39, 0.29) is 25.0 Å². The first kappa shape index (κ1) is 17.1. The smallest absolute Gasteiger partial charge is 0.249 e. The van der Waals surface area contributed by atoms with Gasteiger partial charge in [-0.05, 0) is 23.6 Å². The summed E-state index contributed by atoms with van der Waals surface area (Å²) in [5.41, 5.74) is 2.05. The van der Waals surface area contributed by atoms with E-state index >= 15 is 0 Å². The van der Waals surface area contributed by atoms with Crippen LogP contribution in [0.4, 0.5) is 0 Å². The number of rotatable bonds is 6. The largest absolute Gasteiger partial charge is 0.369 e. The van der Waals surface area contributed by atoms with Crippen LogP contribution in [-0.4, -0.2) is 47.5 Å². The Morgan fingerprint density at radius 2 is 2.00 bits per heavy atom. The van der Waals surface area contributed by atoms with Gasteiger partial charge in [-0.15, -0.1) is 0 Å². The third kappa shape index (κ3) is 4.64. The van der Waals surface area contributed by atoms with E-state index in [2.05, 4.69) is 10.3 Å². The molecule has 130 valence electrons. The van der Waals surface area contributed by atoms with Gasteiger partial charge in [-0.25, -0.2) is 0 Å². The van der Waals surface area contributed by atoms with Gasteiger partial charge >= 0.3 is 0 Å². The molecule has 2 heterocycles. The van der Waals surface area contributed by atoms with Crippen molar-refractivity contribution in [2.24, 2.45) is 0 Å². The fraction of sp³-hybridized carbons (Fsp3) is 0.316. The Labute approximate surface area is 146 Å². The second kappa shape index (κ2) is 8.39. The highest BCUT2D eigenvalue weighted by molar-refractivity contribution is 5.89. The number of hydrogen-bond acceptors (Lipinski definition) is 4. The van der Waals surface area contributed by atoms with Gasteiger partial charge in [0.2, 0.25) is 11.8 Å². The fourth-order valence-corrected chi connectivity index (χ4v) is 2.79. The maximum Gasteiger partial charge on any atom is 0.249 e. The first-order valence-corrected chi connectivity index (χ1v) is 8.32. The Morgan fingerprint density at radius 1 is 1.20 bits per heavy atom. The Morgan fingerprint density at radius 3 is 2.76 bits per heavy atom. The molecule has 1 fully saturated rings. The van der Waals surface area contributed by atoms with Crippen molar-refractivity contribution in [3.63, 3.8) is 0 Å². The molecule has 2 amide bonds. The molecule has 1 aliphatic heterocycles. The van der Waals surface area contributed by atoms with E-state index in [0.717, 1.165) is 11.1 Å². The molecule has 25 heavy (non-hydrogen) atoms. The molecule has 0 saturated carbocycles. The van der Waals surface area contributed by atoms with Gasteiger partial charge in [-0.2, -0.15) is 0 Å². The standard InChI is InChI=1S/C19H21N3O3/c23-18-14-25-13-17(22(18)12-16-5-2-1-3-6-16)19(24)21-10-8-15-7-4-9-20-11-15/h1-7,9,11,17H,8,10,12-14H2,(H,21,24). The molecule has 1 aromatic carbocycles. The van der Waals surface area contributed by atoms with Crippen LogP contribution in [0, 0.1) is 0 Å². The number of nitrogens with zero attached hydrogens (tertiary/aromatic N) is 2. The lowest BCUT2D eigenvalue weighted by molar-refractivity contribution is -0.155. The third-order valence-corrected chi connectivity index (χ3v) is 4.13. The van der Waals surface area contributed by atoms with E-state index in [0.29, 0.717) is 19.5 Å². The van der Waals surface area contributed by atoms with E-state index in [1.54, 1.807) is 17.3 Å². The number of aromatic nitrogens is 1. The highest BCUT2D eigenvalue weighted by atomic mass is 16.5. The van der Waals surface area contributed by atoms with E-state index in [1.165, 1.54) is 0 Å². The van der Waals surface area contributed by atoms with Gasteiger partial charge in [0.05, 0.1) is 6.61 Å². The average Bonchev–Trinajstić information content (AvgIpc) is 2.65. The second-order valence-electron chi connectivity index (χ2n) is 5.94. The molecule has 3 rings (SSSR count). The summed E-state index contributed by atoms with van der Waals surface area (Å²) in [5, 5.41) is 2.90.